The SMILES string of the molecule is CCCn1nnnc1NCc1cc(OCC)c(OC(C)C)cc1Br. The predicted octanol–water partition coefficient (Wildman–Crippen LogP) is 3.64. The Balaban J connectivity index is 2.17. The van der Waals surface area contributed by atoms with Crippen molar-refractivity contribution in [3.8, 4) is 11.5 Å². The summed E-state index contributed by atoms with van der Waals surface area (Å²) in [5.74, 6) is 2.13. The van der Waals surface area contributed by atoms with Crippen LogP contribution < -0.4 is 14.8 Å². The zero-order valence-electron chi connectivity index (χ0n) is 14.5. The topological polar surface area (TPSA) is 74.1 Å². The summed E-state index contributed by atoms with van der Waals surface area (Å²) in [7, 11) is 0. The van der Waals surface area contributed by atoms with Gasteiger partial charge in [0.05, 0.1) is 12.7 Å². The van der Waals surface area contributed by atoms with Crippen LogP contribution >= 0.6 is 15.9 Å². The molecule has 0 unspecified atom stereocenters. The van der Waals surface area contributed by atoms with Gasteiger partial charge in [-0.05, 0) is 55.3 Å². The second-order valence-electron chi connectivity index (χ2n) is 5.57. The van der Waals surface area contributed by atoms with Gasteiger partial charge in [0, 0.05) is 17.6 Å². The molecule has 2 aromatic rings. The molecule has 1 aromatic heterocycles. The van der Waals surface area contributed by atoms with Crippen LogP contribution in [0.3, 0.4) is 0 Å². The summed E-state index contributed by atoms with van der Waals surface area (Å²) in [6, 6.07) is 3.92. The minimum Gasteiger partial charge on any atom is -0.490 e. The number of rotatable bonds is 9. The second-order valence-corrected chi connectivity index (χ2v) is 6.42. The number of tetrazole rings is 1. The van der Waals surface area contributed by atoms with Crippen LogP contribution in [-0.2, 0) is 13.1 Å². The van der Waals surface area contributed by atoms with Gasteiger partial charge in [-0.15, -0.1) is 0 Å². The Bertz CT molecular complexity index is 660. The van der Waals surface area contributed by atoms with Crippen LogP contribution in [0.2, 0.25) is 0 Å². The van der Waals surface area contributed by atoms with Crippen LogP contribution in [0.25, 0.3) is 0 Å². The average molecular weight is 398 g/mol. The highest BCUT2D eigenvalue weighted by Gasteiger charge is 2.13. The fraction of sp³-hybridized carbons (Fsp3) is 0.562. The van der Waals surface area contributed by atoms with E-state index in [-0.39, 0.29) is 6.10 Å². The van der Waals surface area contributed by atoms with E-state index in [0.29, 0.717) is 19.1 Å². The van der Waals surface area contributed by atoms with Gasteiger partial charge in [-0.3, -0.25) is 0 Å². The van der Waals surface area contributed by atoms with E-state index in [1.807, 2.05) is 32.9 Å². The molecule has 0 fully saturated rings. The number of nitrogens with zero attached hydrogens (tertiary/aromatic N) is 4. The van der Waals surface area contributed by atoms with Crippen LogP contribution in [-0.4, -0.2) is 32.9 Å². The number of nitrogens with one attached hydrogen (secondary N) is 1. The third-order valence-corrected chi connectivity index (χ3v) is 3.92. The van der Waals surface area contributed by atoms with Gasteiger partial charge in [0.2, 0.25) is 5.95 Å². The highest BCUT2D eigenvalue weighted by Crippen LogP contribution is 2.34. The fourth-order valence-corrected chi connectivity index (χ4v) is 2.66. The molecule has 1 aromatic carbocycles. The van der Waals surface area contributed by atoms with Crippen molar-refractivity contribution in [2.75, 3.05) is 11.9 Å². The van der Waals surface area contributed by atoms with Crippen molar-refractivity contribution in [2.45, 2.75) is 53.3 Å². The Hall–Kier alpha value is -1.83. The van der Waals surface area contributed by atoms with E-state index in [0.717, 1.165) is 34.5 Å². The summed E-state index contributed by atoms with van der Waals surface area (Å²) >= 11 is 3.60. The fourth-order valence-electron chi connectivity index (χ4n) is 2.19. The van der Waals surface area contributed by atoms with Crippen molar-refractivity contribution in [1.29, 1.82) is 0 Å². The van der Waals surface area contributed by atoms with Gasteiger partial charge in [0.25, 0.3) is 0 Å². The van der Waals surface area contributed by atoms with E-state index in [1.54, 1.807) is 4.68 Å². The number of benzene rings is 1. The molecule has 0 amide bonds. The molecule has 8 heteroatoms. The van der Waals surface area contributed by atoms with Crippen molar-refractivity contribution in [3.63, 3.8) is 0 Å². The molecular weight excluding hydrogens is 374 g/mol. The Morgan fingerprint density at radius 3 is 2.71 bits per heavy atom. The Labute approximate surface area is 150 Å². The summed E-state index contributed by atoms with van der Waals surface area (Å²) in [6.45, 7) is 9.97. The van der Waals surface area contributed by atoms with E-state index < -0.39 is 0 Å². The van der Waals surface area contributed by atoms with E-state index in [9.17, 15) is 0 Å². The first-order valence-electron chi connectivity index (χ1n) is 8.17. The predicted molar refractivity (Wildman–Crippen MR) is 96.5 cm³/mol. The number of halogens is 1. The number of aromatic nitrogens is 4. The minimum atomic E-state index is 0.0822. The lowest BCUT2D eigenvalue weighted by molar-refractivity contribution is 0.223. The Morgan fingerprint density at radius 1 is 1.25 bits per heavy atom. The molecular formula is C16H24BrN5O2. The lowest BCUT2D eigenvalue weighted by Gasteiger charge is -2.17. The van der Waals surface area contributed by atoms with Gasteiger partial charge in [-0.1, -0.05) is 28.0 Å². The summed E-state index contributed by atoms with van der Waals surface area (Å²) in [4.78, 5) is 0. The Kier molecular flexibility index (Phi) is 6.84. The summed E-state index contributed by atoms with van der Waals surface area (Å²) in [5, 5.41) is 15.0. The largest absolute Gasteiger partial charge is 0.490 e. The molecule has 24 heavy (non-hydrogen) atoms. The molecule has 7 nitrogen and oxygen atoms in total. The number of hydrogen-bond donors (Lipinski definition) is 1. The molecule has 0 bridgehead atoms. The molecule has 0 radical (unpaired) electrons. The van der Waals surface area contributed by atoms with Crippen molar-refractivity contribution in [1.82, 2.24) is 20.2 Å². The minimum absolute atomic E-state index is 0.0822. The van der Waals surface area contributed by atoms with Crippen LogP contribution in [0, 0.1) is 0 Å². The van der Waals surface area contributed by atoms with Crippen LogP contribution in [0.4, 0.5) is 5.95 Å². The molecule has 0 saturated carbocycles. The zero-order chi connectivity index (χ0) is 17.5. The van der Waals surface area contributed by atoms with E-state index in [4.69, 9.17) is 9.47 Å². The molecule has 0 saturated heterocycles. The summed E-state index contributed by atoms with van der Waals surface area (Å²) < 4.78 is 14.2. The molecule has 0 aliphatic carbocycles. The highest BCUT2D eigenvalue weighted by molar-refractivity contribution is 9.10. The highest BCUT2D eigenvalue weighted by atomic mass is 79.9. The maximum Gasteiger partial charge on any atom is 0.243 e. The number of ether oxygens (including phenoxy) is 2. The first kappa shape index (κ1) is 18.5. The molecule has 0 atom stereocenters. The average Bonchev–Trinajstić information content (AvgIpc) is 2.96. The first-order valence-corrected chi connectivity index (χ1v) is 8.96. The smallest absolute Gasteiger partial charge is 0.243 e. The van der Waals surface area contributed by atoms with Crippen molar-refractivity contribution < 1.29 is 9.47 Å². The third-order valence-electron chi connectivity index (χ3n) is 3.18. The summed E-state index contributed by atoms with van der Waals surface area (Å²) in [5.41, 5.74) is 1.04. The molecule has 0 aliphatic rings. The van der Waals surface area contributed by atoms with Gasteiger partial charge < -0.3 is 14.8 Å². The van der Waals surface area contributed by atoms with Gasteiger partial charge >= 0.3 is 0 Å². The maximum atomic E-state index is 5.82. The third kappa shape index (κ3) is 4.83. The molecule has 1 heterocycles. The van der Waals surface area contributed by atoms with Crippen LogP contribution in [0.15, 0.2) is 16.6 Å². The molecule has 2 rings (SSSR count). The zero-order valence-corrected chi connectivity index (χ0v) is 16.1. The first-order chi connectivity index (χ1) is 11.5. The van der Waals surface area contributed by atoms with E-state index in [2.05, 4.69) is 43.7 Å². The van der Waals surface area contributed by atoms with Gasteiger partial charge in [-0.25, -0.2) is 4.68 Å². The monoisotopic (exact) mass is 397 g/mol. The molecule has 0 aliphatic heterocycles. The normalized spacial score (nSPS) is 10.9. The van der Waals surface area contributed by atoms with Gasteiger partial charge in [0.1, 0.15) is 0 Å². The molecule has 132 valence electrons. The van der Waals surface area contributed by atoms with Gasteiger partial charge in [-0.2, -0.15) is 0 Å². The lowest BCUT2D eigenvalue weighted by atomic mass is 10.2. The van der Waals surface area contributed by atoms with Crippen molar-refractivity contribution in [2.24, 2.45) is 0 Å². The second kappa shape index (κ2) is 8.86. The number of hydrogen-bond acceptors (Lipinski definition) is 6. The van der Waals surface area contributed by atoms with Crippen molar-refractivity contribution >= 4 is 21.9 Å². The van der Waals surface area contributed by atoms with E-state index in [1.165, 1.54) is 0 Å². The molecule has 0 spiro atoms. The number of anilines is 1. The van der Waals surface area contributed by atoms with Gasteiger partial charge in [0.15, 0.2) is 11.5 Å². The maximum absolute atomic E-state index is 5.82. The molecule has 1 N–H and O–H groups in total. The lowest BCUT2D eigenvalue weighted by Crippen LogP contribution is -2.10. The summed E-state index contributed by atoms with van der Waals surface area (Å²) in [6.07, 6.45) is 1.05. The van der Waals surface area contributed by atoms with Crippen LogP contribution in [0.1, 0.15) is 39.7 Å². The quantitative estimate of drug-likeness (QED) is 0.695. The van der Waals surface area contributed by atoms with Crippen LogP contribution in [0.5, 0.6) is 11.5 Å². The van der Waals surface area contributed by atoms with E-state index >= 15 is 0 Å². The number of aryl methyl sites for hydroxylation is 1. The van der Waals surface area contributed by atoms with Crippen molar-refractivity contribution in [3.05, 3.63) is 22.2 Å². The standard InChI is InChI=1S/C16H24BrN5O2/c1-5-7-22-16(19-20-21-22)18-10-12-8-14(23-6-2)15(9-13(12)17)24-11(3)4/h8-9,11H,5-7,10H2,1-4H3,(H,18,19,21). The Morgan fingerprint density at radius 2 is 2.04 bits per heavy atom.